The van der Waals surface area contributed by atoms with Gasteiger partial charge >= 0.3 is 0 Å². The van der Waals surface area contributed by atoms with E-state index in [0.29, 0.717) is 29.5 Å². The van der Waals surface area contributed by atoms with E-state index in [4.69, 9.17) is 17.0 Å². The van der Waals surface area contributed by atoms with Gasteiger partial charge in [0.2, 0.25) is 0 Å². The van der Waals surface area contributed by atoms with Gasteiger partial charge in [0, 0.05) is 17.7 Å². The summed E-state index contributed by atoms with van der Waals surface area (Å²) < 4.78 is 18.9. The summed E-state index contributed by atoms with van der Waals surface area (Å²) >= 11 is 5.19. The van der Waals surface area contributed by atoms with Gasteiger partial charge < -0.3 is 10.1 Å². The average molecular weight is 315 g/mol. The van der Waals surface area contributed by atoms with Crippen molar-refractivity contribution in [2.24, 2.45) is 5.10 Å². The Morgan fingerprint density at radius 2 is 2.00 bits per heavy atom. The van der Waals surface area contributed by atoms with Crippen molar-refractivity contribution in [3.8, 4) is 5.75 Å². The molecule has 0 amide bonds. The fraction of sp³-hybridized carbons (Fsp3) is 0.125. The first kappa shape index (κ1) is 14.5. The summed E-state index contributed by atoms with van der Waals surface area (Å²) in [6.45, 7) is 0.512. The van der Waals surface area contributed by atoms with Crippen LogP contribution in [0.15, 0.2) is 53.6 Å². The molecule has 2 aromatic rings. The fourth-order valence-corrected chi connectivity index (χ4v) is 2.32. The minimum Gasteiger partial charge on any atom is -0.492 e. The van der Waals surface area contributed by atoms with E-state index in [0.717, 1.165) is 11.4 Å². The molecule has 1 aliphatic rings. The van der Waals surface area contributed by atoms with Gasteiger partial charge in [0.1, 0.15) is 11.6 Å². The van der Waals surface area contributed by atoms with Gasteiger partial charge in [-0.2, -0.15) is 5.10 Å². The monoisotopic (exact) mass is 315 g/mol. The molecule has 0 radical (unpaired) electrons. The number of nitrogens with one attached hydrogen (secondary N) is 2. The lowest BCUT2D eigenvalue weighted by molar-refractivity contribution is 0.319. The van der Waals surface area contributed by atoms with Crippen molar-refractivity contribution in [1.29, 1.82) is 0 Å². The molecular formula is C16H14FN3OS. The standard InChI is InChI=1S/C16H14FN3OS/c17-11-6-7-15-13(10-11)14(8-9-21-15)19-20-16(22)18-12-4-2-1-3-5-12/h1-7,10H,8-9H2,(H2,18,20,22). The van der Waals surface area contributed by atoms with Crippen LogP contribution in [0.3, 0.4) is 0 Å². The van der Waals surface area contributed by atoms with Gasteiger partial charge in [0.05, 0.1) is 12.3 Å². The van der Waals surface area contributed by atoms with Crippen molar-refractivity contribution >= 4 is 28.7 Å². The maximum Gasteiger partial charge on any atom is 0.191 e. The van der Waals surface area contributed by atoms with Gasteiger partial charge in [-0.15, -0.1) is 0 Å². The summed E-state index contributed by atoms with van der Waals surface area (Å²) in [4.78, 5) is 0. The van der Waals surface area contributed by atoms with Gasteiger partial charge in [0.15, 0.2) is 5.11 Å². The molecular weight excluding hydrogens is 301 g/mol. The molecule has 4 nitrogen and oxygen atoms in total. The second-order valence-corrected chi connectivity index (χ2v) is 5.14. The number of benzene rings is 2. The molecule has 2 aromatic carbocycles. The minimum absolute atomic E-state index is 0.318. The second-order valence-electron chi connectivity index (χ2n) is 4.73. The molecule has 0 aliphatic carbocycles. The van der Waals surface area contributed by atoms with Crippen LogP contribution in [-0.2, 0) is 0 Å². The van der Waals surface area contributed by atoms with Crippen LogP contribution in [0.25, 0.3) is 0 Å². The molecule has 3 rings (SSSR count). The molecule has 6 heteroatoms. The number of ether oxygens (including phenoxy) is 1. The summed E-state index contributed by atoms with van der Waals surface area (Å²) in [5.41, 5.74) is 5.04. The summed E-state index contributed by atoms with van der Waals surface area (Å²) in [6, 6.07) is 14.0. The summed E-state index contributed by atoms with van der Waals surface area (Å²) in [5, 5.41) is 7.68. The lowest BCUT2D eigenvalue weighted by atomic mass is 10.0. The zero-order valence-electron chi connectivity index (χ0n) is 11.7. The molecule has 2 N–H and O–H groups in total. The van der Waals surface area contributed by atoms with Crippen LogP contribution in [0.5, 0.6) is 5.75 Å². The van der Waals surface area contributed by atoms with E-state index in [2.05, 4.69) is 15.8 Å². The average Bonchev–Trinajstić information content (AvgIpc) is 2.54. The SMILES string of the molecule is Fc1ccc2c(c1)C(=NNC(=S)Nc1ccccc1)CCO2. The van der Waals surface area contributed by atoms with Gasteiger partial charge in [-0.25, -0.2) is 4.39 Å². The molecule has 0 spiro atoms. The first-order chi connectivity index (χ1) is 10.7. The molecule has 1 heterocycles. The Morgan fingerprint density at radius 3 is 2.82 bits per heavy atom. The Kier molecular flexibility index (Phi) is 4.29. The smallest absolute Gasteiger partial charge is 0.191 e. The number of hydrazone groups is 1. The Labute approximate surface area is 133 Å². The molecule has 1 aliphatic heterocycles. The van der Waals surface area contributed by atoms with Crippen LogP contribution in [0.4, 0.5) is 10.1 Å². The summed E-state index contributed by atoms with van der Waals surface area (Å²) in [6.07, 6.45) is 0.595. The number of anilines is 1. The molecule has 0 saturated heterocycles. The number of hydrogen-bond donors (Lipinski definition) is 2. The highest BCUT2D eigenvalue weighted by atomic mass is 32.1. The van der Waals surface area contributed by atoms with E-state index in [1.807, 2.05) is 30.3 Å². The first-order valence-electron chi connectivity index (χ1n) is 6.84. The maximum absolute atomic E-state index is 13.4. The van der Waals surface area contributed by atoms with Gasteiger partial charge in [0.25, 0.3) is 0 Å². The van der Waals surface area contributed by atoms with E-state index >= 15 is 0 Å². The van der Waals surface area contributed by atoms with Crippen molar-refractivity contribution in [3.05, 3.63) is 59.9 Å². The van der Waals surface area contributed by atoms with Crippen LogP contribution in [-0.4, -0.2) is 17.4 Å². The molecule has 0 unspecified atom stereocenters. The first-order valence-corrected chi connectivity index (χ1v) is 7.24. The maximum atomic E-state index is 13.4. The van der Waals surface area contributed by atoms with Crippen molar-refractivity contribution in [1.82, 2.24) is 5.43 Å². The van der Waals surface area contributed by atoms with Crippen LogP contribution >= 0.6 is 12.2 Å². The van der Waals surface area contributed by atoms with E-state index in [-0.39, 0.29) is 5.82 Å². The van der Waals surface area contributed by atoms with Gasteiger partial charge in [-0.1, -0.05) is 18.2 Å². The minimum atomic E-state index is -0.318. The fourth-order valence-electron chi connectivity index (χ4n) is 2.16. The van der Waals surface area contributed by atoms with Gasteiger partial charge in [-0.05, 0) is 42.5 Å². The normalized spacial score (nSPS) is 14.9. The third-order valence-corrected chi connectivity index (χ3v) is 3.37. The van der Waals surface area contributed by atoms with E-state index in [1.165, 1.54) is 12.1 Å². The van der Waals surface area contributed by atoms with Crippen LogP contribution in [0.1, 0.15) is 12.0 Å². The molecule has 22 heavy (non-hydrogen) atoms. The Balaban J connectivity index is 1.71. The van der Waals surface area contributed by atoms with Crippen molar-refractivity contribution in [2.75, 3.05) is 11.9 Å². The number of fused-ring (bicyclic) bond motifs is 1. The lowest BCUT2D eigenvalue weighted by Crippen LogP contribution is -2.27. The zero-order chi connectivity index (χ0) is 15.4. The van der Waals surface area contributed by atoms with E-state index in [9.17, 15) is 4.39 Å². The van der Waals surface area contributed by atoms with Gasteiger partial charge in [-0.3, -0.25) is 5.43 Å². The second kappa shape index (κ2) is 6.53. The topological polar surface area (TPSA) is 45.7 Å². The number of rotatable bonds is 2. The Bertz CT molecular complexity index is 719. The third-order valence-electron chi connectivity index (χ3n) is 3.17. The Hall–Kier alpha value is -2.47. The number of hydrogen-bond acceptors (Lipinski definition) is 3. The summed E-state index contributed by atoms with van der Waals surface area (Å²) in [5.74, 6) is 0.317. The van der Waals surface area contributed by atoms with E-state index in [1.54, 1.807) is 6.07 Å². The molecule has 0 saturated carbocycles. The van der Waals surface area contributed by atoms with Crippen molar-refractivity contribution in [2.45, 2.75) is 6.42 Å². The Morgan fingerprint density at radius 1 is 1.18 bits per heavy atom. The number of halogens is 1. The summed E-state index contributed by atoms with van der Waals surface area (Å²) in [7, 11) is 0. The molecule has 0 aromatic heterocycles. The highest BCUT2D eigenvalue weighted by Crippen LogP contribution is 2.25. The molecule has 0 fully saturated rings. The number of thiocarbonyl (C=S) groups is 1. The van der Waals surface area contributed by atoms with E-state index < -0.39 is 0 Å². The zero-order valence-corrected chi connectivity index (χ0v) is 12.5. The molecule has 0 atom stereocenters. The largest absolute Gasteiger partial charge is 0.492 e. The predicted octanol–water partition coefficient (Wildman–Crippen LogP) is 3.30. The predicted molar refractivity (Wildman–Crippen MR) is 88.8 cm³/mol. The van der Waals surface area contributed by atoms with Crippen LogP contribution < -0.4 is 15.5 Å². The van der Waals surface area contributed by atoms with Crippen LogP contribution in [0, 0.1) is 5.82 Å². The van der Waals surface area contributed by atoms with Crippen LogP contribution in [0.2, 0.25) is 0 Å². The number of para-hydroxylation sites is 1. The van der Waals surface area contributed by atoms with Crippen molar-refractivity contribution < 1.29 is 9.13 Å². The van der Waals surface area contributed by atoms with Crippen molar-refractivity contribution in [3.63, 3.8) is 0 Å². The third kappa shape index (κ3) is 3.40. The molecule has 112 valence electrons. The quantitative estimate of drug-likeness (QED) is 0.659. The highest BCUT2D eigenvalue weighted by molar-refractivity contribution is 7.80. The lowest BCUT2D eigenvalue weighted by Gasteiger charge is -2.19. The molecule has 0 bridgehead atoms. The number of nitrogens with zero attached hydrogens (tertiary/aromatic N) is 1. The highest BCUT2D eigenvalue weighted by Gasteiger charge is 2.17.